The Labute approximate surface area is 475 Å². The molecule has 4 heterocycles. The van der Waals surface area contributed by atoms with Crippen LogP contribution in [0.25, 0.3) is 0 Å². The maximum atomic E-state index is 13.1. The van der Waals surface area contributed by atoms with E-state index in [1.165, 1.54) is 31.5 Å². The number of rotatable bonds is 15. The summed E-state index contributed by atoms with van der Waals surface area (Å²) in [6.45, 7) is 0. The Morgan fingerprint density at radius 3 is 1.42 bits per heavy atom. The van der Waals surface area contributed by atoms with E-state index in [0.29, 0.717) is 22.9 Å². The van der Waals surface area contributed by atoms with E-state index < -0.39 is 91.0 Å². The third-order valence-electron chi connectivity index (χ3n) is 10.7. The maximum Gasteiger partial charge on any atom is 0.369 e. The van der Waals surface area contributed by atoms with Crippen molar-refractivity contribution < 1.29 is 67.8 Å². The summed E-state index contributed by atoms with van der Waals surface area (Å²) in [7, 11) is -6.82. The van der Waals surface area contributed by atoms with Crippen LogP contribution in [0.15, 0.2) is 73.6 Å². The zero-order valence-electron chi connectivity index (χ0n) is 37.8. The summed E-state index contributed by atoms with van der Waals surface area (Å²) >= 11 is 34.3. The number of pyridine rings is 2. The van der Waals surface area contributed by atoms with Crippen molar-refractivity contribution in [3.05, 3.63) is 79.2 Å². The highest BCUT2D eigenvalue weighted by molar-refractivity contribution is 9.69. The molecule has 4 aliphatic rings. The third kappa shape index (κ3) is 15.5. The summed E-state index contributed by atoms with van der Waals surface area (Å²) in [6, 6.07) is 6.40. The largest absolute Gasteiger partial charge is 0.480 e. The highest BCUT2D eigenvalue weighted by atomic mass is 79.9. The number of aromatic amines is 1. The lowest BCUT2D eigenvalue weighted by molar-refractivity contribution is -0.126. The minimum atomic E-state index is -4.12. The van der Waals surface area contributed by atoms with Crippen LogP contribution in [0, 0.1) is 0 Å². The molecule has 2 aromatic carbocycles. The first kappa shape index (κ1) is 62.6. The molecule has 0 radical (unpaired) electrons. The van der Waals surface area contributed by atoms with Crippen molar-refractivity contribution in [3.8, 4) is 28.9 Å². The summed E-state index contributed by atoms with van der Waals surface area (Å²) in [5.41, 5.74) is -3.17. The number of hydrazone groups is 2. The van der Waals surface area contributed by atoms with Gasteiger partial charge in [0.25, 0.3) is 30.2 Å². The number of anilines is 2. The molecule has 0 bridgehead atoms. The molecule has 410 valence electrons. The van der Waals surface area contributed by atoms with E-state index in [4.69, 9.17) is 60.6 Å². The van der Waals surface area contributed by atoms with Crippen LogP contribution in [0.4, 0.5) is 28.9 Å². The Hall–Kier alpha value is -4.24. The van der Waals surface area contributed by atoms with E-state index in [1.807, 2.05) is 0 Å². The Morgan fingerprint density at radius 1 is 0.671 bits per heavy atom. The molecular formula is C42H38BBr3Cl4F4N8O12S2. The van der Waals surface area contributed by atoms with Crippen LogP contribution in [-0.2, 0) is 39.2 Å². The quantitative estimate of drug-likeness (QED) is 0.0569. The molecule has 76 heavy (non-hydrogen) atoms. The molecule has 0 unspecified atom stereocenters. The van der Waals surface area contributed by atoms with E-state index in [9.17, 15) is 58.4 Å². The smallest absolute Gasteiger partial charge is 0.369 e. The van der Waals surface area contributed by atoms with Crippen molar-refractivity contribution >= 4 is 163 Å². The Morgan fingerprint density at radius 2 is 1.05 bits per heavy atom. The second-order valence-electron chi connectivity index (χ2n) is 15.8. The molecule has 20 nitrogen and oxygen atoms in total. The number of methoxy groups -OCH3 is 1. The lowest BCUT2D eigenvalue weighted by atomic mass is 9.94. The molecule has 3 N–H and O–H groups in total. The van der Waals surface area contributed by atoms with Crippen LogP contribution in [-0.4, -0.2) is 96.8 Å². The molecule has 2 fully saturated rings. The maximum absolute atomic E-state index is 13.1. The number of hydrogen-bond donors (Lipinski definition) is 3. The number of alkyl halides is 4. The minimum absolute atomic E-state index is 0. The van der Waals surface area contributed by atoms with Gasteiger partial charge in [0.05, 0.1) is 57.6 Å². The lowest BCUT2D eigenvalue weighted by Gasteiger charge is -2.26. The summed E-state index contributed by atoms with van der Waals surface area (Å²) < 4.78 is 125. The minimum Gasteiger partial charge on any atom is -0.480 e. The summed E-state index contributed by atoms with van der Waals surface area (Å²) in [5, 5.41) is 7.39. The third-order valence-corrected chi connectivity index (χ3v) is 14.8. The molecule has 2 amide bonds. The van der Waals surface area contributed by atoms with E-state index >= 15 is 0 Å². The monoisotopic (exact) mass is 1370 g/mol. The van der Waals surface area contributed by atoms with Crippen LogP contribution >= 0.6 is 93.7 Å². The van der Waals surface area contributed by atoms with E-state index in [-0.39, 0.29) is 87.9 Å². The molecule has 0 saturated heterocycles. The fourth-order valence-electron chi connectivity index (χ4n) is 6.68. The first-order valence-corrected chi connectivity index (χ1v) is 28.4. The molecule has 2 aliphatic heterocycles. The average molecular weight is 1380 g/mol. The van der Waals surface area contributed by atoms with Crippen molar-refractivity contribution in [2.45, 2.75) is 93.5 Å². The van der Waals surface area contributed by atoms with Gasteiger partial charge < -0.3 is 19.2 Å². The van der Waals surface area contributed by atoms with Crippen LogP contribution in [0.2, 0.25) is 20.1 Å². The topological polar surface area (TPSA) is 265 Å². The number of carbonyl (C=O) groups is 4. The van der Waals surface area contributed by atoms with Gasteiger partial charge in [-0.2, -0.15) is 20.2 Å². The number of halogens is 11. The standard InChI is InChI=1S/C21H18Cl2F2N4O6S.C20H16Cl2F2N4O6S.CH4.BBr3/c1-34-21-16(36(32,33)28-10-3-2-4-10)7-12(9-26-21)35-19-13(22)5-11(6-14(19)23)29-17(31)8-15(30)18(27-29)20(24)25;21-12-4-10(28-16(30)7-14(29)17(26-28)19(23)24)5-13(22)18(12)34-11-6-15(20(31)25-8-11)35(32,33)27-9-2-1-3-9;;2-1(3)4/h5-7,9-10,20,28H,2-4,8H2,1H3;4-6,8-9,19,27H,1-3,7H2,(H,25,31);1H4;. The van der Waals surface area contributed by atoms with Gasteiger partial charge in [0.2, 0.25) is 25.9 Å². The Balaban J connectivity index is 0.000000259. The van der Waals surface area contributed by atoms with Crippen LogP contribution in [0.3, 0.4) is 0 Å². The number of nitrogens with one attached hydrogen (secondary N) is 3. The predicted octanol–water partition coefficient (Wildman–Crippen LogP) is 9.97. The number of hydrogen-bond acceptors (Lipinski definition) is 15. The number of benzene rings is 2. The van der Waals surface area contributed by atoms with Crippen molar-refractivity contribution in [1.82, 2.24) is 19.4 Å². The van der Waals surface area contributed by atoms with Gasteiger partial charge in [-0.15, -0.1) is 47.3 Å². The Bertz CT molecular complexity index is 3230. The van der Waals surface area contributed by atoms with Gasteiger partial charge in [0, 0.05) is 30.4 Å². The lowest BCUT2D eigenvalue weighted by Crippen LogP contribution is -2.41. The summed E-state index contributed by atoms with van der Waals surface area (Å²) in [4.78, 5) is 65.2. The molecule has 0 atom stereocenters. The SMILES string of the molecule is BrB(Br)Br.C.COc1ncc(Oc2c(Cl)cc(N3N=C(C(F)F)C(=O)CC3=O)cc2Cl)cc1S(=O)(=O)NC1CCC1.O=C1CC(=O)N(c2cc(Cl)c(Oc3c[nH]c(=O)c(S(=O)(=O)NC4CCC4)c3)c(Cl)c2)N=C1C(F)F. The number of H-pyrrole nitrogens is 1. The number of ether oxygens (including phenoxy) is 3. The van der Waals surface area contributed by atoms with Gasteiger partial charge in [0.1, 0.15) is 16.4 Å². The molecule has 2 aromatic heterocycles. The van der Waals surface area contributed by atoms with Crippen molar-refractivity contribution in [1.29, 1.82) is 0 Å². The van der Waals surface area contributed by atoms with Crippen molar-refractivity contribution in [2.24, 2.45) is 10.2 Å². The molecule has 0 spiro atoms. The molecule has 34 heteroatoms. The normalized spacial score (nSPS) is 16.1. The number of amides is 2. The van der Waals surface area contributed by atoms with Gasteiger partial charge in [-0.25, -0.2) is 48.8 Å². The van der Waals surface area contributed by atoms with Crippen molar-refractivity contribution in [2.75, 3.05) is 17.1 Å². The number of carbonyl (C=O) groups excluding carboxylic acids is 4. The number of aromatic nitrogens is 2. The first-order chi connectivity index (χ1) is 35.2. The number of sulfonamides is 2. The highest BCUT2D eigenvalue weighted by Gasteiger charge is 2.36. The zero-order chi connectivity index (χ0) is 55.3. The fourth-order valence-corrected chi connectivity index (χ4v) is 10.6. The van der Waals surface area contributed by atoms with Crippen molar-refractivity contribution in [3.63, 3.8) is 0 Å². The van der Waals surface area contributed by atoms with E-state index in [0.717, 1.165) is 50.1 Å². The number of Topliss-reactive ketones (excluding diaryl/α,β-unsaturated/α-hetero) is 2. The molecule has 8 rings (SSSR count). The molecule has 2 saturated carbocycles. The molecule has 4 aromatic rings. The summed E-state index contributed by atoms with van der Waals surface area (Å²) in [6.07, 6.45) is -1.07. The van der Waals surface area contributed by atoms with Crippen LogP contribution in [0.5, 0.6) is 28.9 Å². The van der Waals surface area contributed by atoms with Gasteiger partial charge >= 0.3 is 3.18 Å². The number of nitrogens with zero attached hydrogens (tertiary/aromatic N) is 5. The predicted molar refractivity (Wildman–Crippen MR) is 287 cm³/mol. The van der Waals surface area contributed by atoms with E-state index in [1.54, 1.807) is 0 Å². The second-order valence-corrected chi connectivity index (χ2v) is 27.2. The molecule has 2 aliphatic carbocycles. The number of ketones is 2. The van der Waals surface area contributed by atoms with Gasteiger partial charge in [-0.05, 0) is 49.9 Å². The van der Waals surface area contributed by atoms with Gasteiger partial charge in [0.15, 0.2) is 39.4 Å². The zero-order valence-corrected chi connectivity index (χ0v) is 47.2. The fraction of sp³-hybridized carbons (Fsp3) is 0.333. The second kappa shape index (κ2) is 26.6. The highest BCUT2D eigenvalue weighted by Crippen LogP contribution is 2.43. The van der Waals surface area contributed by atoms with Gasteiger partial charge in [-0.3, -0.25) is 24.0 Å². The van der Waals surface area contributed by atoms with Crippen LogP contribution in [0.1, 0.15) is 58.8 Å². The molecular weight excluding hydrogens is 1340 g/mol. The van der Waals surface area contributed by atoms with Gasteiger partial charge in [-0.1, -0.05) is 66.7 Å². The first-order valence-electron chi connectivity index (χ1n) is 21.2. The average Bonchev–Trinajstić information content (AvgIpc) is 3.29. The summed E-state index contributed by atoms with van der Waals surface area (Å²) in [5.74, 6) is -4.48. The van der Waals surface area contributed by atoms with E-state index in [2.05, 4.69) is 76.9 Å². The van der Waals surface area contributed by atoms with Crippen LogP contribution < -0.4 is 39.2 Å². The Kier molecular flexibility index (Phi) is 21.9.